The van der Waals surface area contributed by atoms with E-state index in [1.54, 1.807) is 18.5 Å². The van der Waals surface area contributed by atoms with Gasteiger partial charge in [-0.05, 0) is 13.0 Å². The number of rotatable bonds is 3. The summed E-state index contributed by atoms with van der Waals surface area (Å²) in [7, 11) is 0. The molecule has 0 amide bonds. The maximum Gasteiger partial charge on any atom is 0.139 e. The van der Waals surface area contributed by atoms with Gasteiger partial charge in [0.25, 0.3) is 0 Å². The molecule has 1 atom stereocenters. The fourth-order valence-corrected chi connectivity index (χ4v) is 1.20. The minimum absolute atomic E-state index is 0.501. The van der Waals surface area contributed by atoms with E-state index in [-0.39, 0.29) is 0 Å². The van der Waals surface area contributed by atoms with Crippen molar-refractivity contribution in [2.24, 2.45) is 0 Å². The lowest BCUT2D eigenvalue weighted by Crippen LogP contribution is -2.46. The van der Waals surface area contributed by atoms with Crippen LogP contribution in [-0.4, -0.2) is 24.2 Å². The van der Waals surface area contributed by atoms with Crippen LogP contribution in [0.4, 0.5) is 5.69 Å². The molecule has 1 saturated heterocycles. The fourth-order valence-electron chi connectivity index (χ4n) is 1.20. The largest absolute Gasteiger partial charge is 0.490 e. The zero-order chi connectivity index (χ0) is 9.10. The highest BCUT2D eigenvalue weighted by atomic mass is 16.5. The molecule has 0 unspecified atom stereocenters. The second-order valence-corrected chi connectivity index (χ2v) is 3.20. The molecule has 3 N–H and O–H groups in total. The lowest BCUT2D eigenvalue weighted by Gasteiger charge is -2.27. The zero-order valence-corrected chi connectivity index (χ0v) is 7.36. The number of hydrogen-bond donors (Lipinski definition) is 2. The summed E-state index contributed by atoms with van der Waals surface area (Å²) >= 11 is 0. The van der Waals surface area contributed by atoms with Crippen molar-refractivity contribution in [1.29, 1.82) is 0 Å². The number of nitrogens with two attached hydrogens (primary N) is 1. The second kappa shape index (κ2) is 3.62. The summed E-state index contributed by atoms with van der Waals surface area (Å²) in [4.78, 5) is 3.94. The molecule has 0 saturated carbocycles. The smallest absolute Gasteiger partial charge is 0.139 e. The van der Waals surface area contributed by atoms with Gasteiger partial charge < -0.3 is 15.8 Å². The zero-order valence-electron chi connectivity index (χ0n) is 7.36. The molecule has 1 aromatic rings. The summed E-state index contributed by atoms with van der Waals surface area (Å²) in [5.41, 5.74) is 6.19. The van der Waals surface area contributed by atoms with Crippen molar-refractivity contribution in [3.05, 3.63) is 18.5 Å². The van der Waals surface area contributed by atoms with Crippen LogP contribution in [0.15, 0.2) is 18.5 Å². The highest BCUT2D eigenvalue weighted by Crippen LogP contribution is 2.13. The number of nitrogens with zero attached hydrogens (tertiary/aromatic N) is 1. The summed E-state index contributed by atoms with van der Waals surface area (Å²) in [6.45, 7) is 1.80. The van der Waals surface area contributed by atoms with Crippen molar-refractivity contribution in [2.45, 2.75) is 12.5 Å². The van der Waals surface area contributed by atoms with Gasteiger partial charge in [-0.25, -0.2) is 0 Å². The summed E-state index contributed by atoms with van der Waals surface area (Å²) in [5, 5.41) is 3.25. The molecule has 13 heavy (non-hydrogen) atoms. The normalized spacial score (nSPS) is 20.8. The maximum absolute atomic E-state index is 5.55. The molecule has 1 fully saturated rings. The van der Waals surface area contributed by atoms with Gasteiger partial charge in [0.1, 0.15) is 12.4 Å². The van der Waals surface area contributed by atoms with Crippen LogP contribution in [0.5, 0.6) is 5.75 Å². The van der Waals surface area contributed by atoms with Crippen LogP contribution in [0.1, 0.15) is 6.42 Å². The first-order valence-electron chi connectivity index (χ1n) is 4.41. The standard InChI is InChI=1S/C9H13N3O/c10-7-3-9(5-11-4-7)13-6-8-1-2-12-8/h3-5,8,12H,1-2,6,10H2/t8-/m0/s1. The minimum atomic E-state index is 0.501. The average Bonchev–Trinajstić information content (AvgIpc) is 2.01. The summed E-state index contributed by atoms with van der Waals surface area (Å²) in [6.07, 6.45) is 4.47. The van der Waals surface area contributed by atoms with E-state index in [0.717, 1.165) is 12.3 Å². The Morgan fingerprint density at radius 1 is 1.62 bits per heavy atom. The first-order chi connectivity index (χ1) is 6.34. The minimum Gasteiger partial charge on any atom is -0.490 e. The summed E-state index contributed by atoms with van der Waals surface area (Å²) in [5.74, 6) is 0.744. The Hall–Kier alpha value is -1.29. The quantitative estimate of drug-likeness (QED) is 0.705. The number of aromatic nitrogens is 1. The molecule has 1 aliphatic heterocycles. The van der Waals surface area contributed by atoms with E-state index in [4.69, 9.17) is 10.5 Å². The second-order valence-electron chi connectivity index (χ2n) is 3.20. The SMILES string of the molecule is Nc1cncc(OC[C@@H]2CCN2)c1. The van der Waals surface area contributed by atoms with Crippen molar-refractivity contribution < 1.29 is 4.74 Å². The maximum atomic E-state index is 5.55. The molecule has 0 radical (unpaired) electrons. The lowest BCUT2D eigenvalue weighted by atomic mass is 10.1. The molecule has 70 valence electrons. The molecule has 4 nitrogen and oxygen atoms in total. The molecule has 4 heteroatoms. The molecule has 1 aromatic heterocycles. The molecule has 1 aliphatic rings. The monoisotopic (exact) mass is 179 g/mol. The Balaban J connectivity index is 1.86. The van der Waals surface area contributed by atoms with E-state index < -0.39 is 0 Å². The molecular weight excluding hydrogens is 166 g/mol. The first kappa shape index (κ1) is 8.31. The Kier molecular flexibility index (Phi) is 2.31. The molecule has 0 spiro atoms. The predicted molar refractivity (Wildman–Crippen MR) is 50.6 cm³/mol. The summed E-state index contributed by atoms with van der Waals surface area (Å²) in [6, 6.07) is 2.28. The first-order valence-corrected chi connectivity index (χ1v) is 4.41. The Morgan fingerprint density at radius 2 is 2.46 bits per heavy atom. The van der Waals surface area contributed by atoms with Gasteiger partial charge in [0.05, 0.1) is 18.1 Å². The lowest BCUT2D eigenvalue weighted by molar-refractivity contribution is 0.217. The van der Waals surface area contributed by atoms with Crippen LogP contribution < -0.4 is 15.8 Å². The summed E-state index contributed by atoms with van der Waals surface area (Å²) < 4.78 is 5.49. The number of pyridine rings is 1. The Bertz CT molecular complexity index is 286. The predicted octanol–water partition coefficient (Wildman–Crippen LogP) is 0.404. The van der Waals surface area contributed by atoms with E-state index in [1.807, 2.05) is 0 Å². The number of anilines is 1. The van der Waals surface area contributed by atoms with Gasteiger partial charge in [0.15, 0.2) is 0 Å². The van der Waals surface area contributed by atoms with Crippen LogP contribution in [0, 0.1) is 0 Å². The van der Waals surface area contributed by atoms with E-state index in [0.29, 0.717) is 18.3 Å². The number of hydrogen-bond acceptors (Lipinski definition) is 4. The van der Waals surface area contributed by atoms with Gasteiger partial charge >= 0.3 is 0 Å². The topological polar surface area (TPSA) is 60.2 Å². The van der Waals surface area contributed by atoms with Crippen LogP contribution >= 0.6 is 0 Å². The third-order valence-corrected chi connectivity index (χ3v) is 2.11. The van der Waals surface area contributed by atoms with E-state index in [9.17, 15) is 0 Å². The van der Waals surface area contributed by atoms with Gasteiger partial charge in [0, 0.05) is 12.1 Å². The number of ether oxygens (including phenoxy) is 1. The van der Waals surface area contributed by atoms with E-state index in [2.05, 4.69) is 10.3 Å². The van der Waals surface area contributed by atoms with Crippen molar-refractivity contribution >= 4 is 5.69 Å². The van der Waals surface area contributed by atoms with Crippen LogP contribution in [0.2, 0.25) is 0 Å². The highest BCUT2D eigenvalue weighted by molar-refractivity contribution is 5.39. The van der Waals surface area contributed by atoms with Crippen LogP contribution in [0.3, 0.4) is 0 Å². The van der Waals surface area contributed by atoms with E-state index >= 15 is 0 Å². The molecule has 0 aromatic carbocycles. The average molecular weight is 179 g/mol. The number of nitrogens with one attached hydrogen (secondary N) is 1. The third kappa shape index (κ3) is 2.09. The number of nitrogen functional groups attached to an aromatic ring is 1. The third-order valence-electron chi connectivity index (χ3n) is 2.11. The van der Waals surface area contributed by atoms with Gasteiger partial charge in [-0.2, -0.15) is 0 Å². The van der Waals surface area contributed by atoms with Gasteiger partial charge in [0.2, 0.25) is 0 Å². The molecule has 2 rings (SSSR count). The Morgan fingerprint density at radius 3 is 3.08 bits per heavy atom. The molecule has 0 bridgehead atoms. The molecular formula is C9H13N3O. The van der Waals surface area contributed by atoms with Crippen molar-refractivity contribution in [1.82, 2.24) is 10.3 Å². The Labute approximate surface area is 77.1 Å². The van der Waals surface area contributed by atoms with Gasteiger partial charge in [-0.1, -0.05) is 0 Å². The van der Waals surface area contributed by atoms with Gasteiger partial charge in [-0.15, -0.1) is 0 Å². The van der Waals surface area contributed by atoms with Crippen molar-refractivity contribution in [3.63, 3.8) is 0 Å². The molecule has 0 aliphatic carbocycles. The van der Waals surface area contributed by atoms with E-state index in [1.165, 1.54) is 6.42 Å². The molecule has 2 heterocycles. The van der Waals surface area contributed by atoms with Crippen LogP contribution in [-0.2, 0) is 0 Å². The van der Waals surface area contributed by atoms with Crippen molar-refractivity contribution in [2.75, 3.05) is 18.9 Å². The fraction of sp³-hybridized carbons (Fsp3) is 0.444. The van der Waals surface area contributed by atoms with Crippen molar-refractivity contribution in [3.8, 4) is 5.75 Å². The van der Waals surface area contributed by atoms with Crippen LogP contribution in [0.25, 0.3) is 0 Å². The highest BCUT2D eigenvalue weighted by Gasteiger charge is 2.16. The van der Waals surface area contributed by atoms with Gasteiger partial charge in [-0.3, -0.25) is 4.98 Å².